The summed E-state index contributed by atoms with van der Waals surface area (Å²) in [5.41, 5.74) is 0.238. The first-order chi connectivity index (χ1) is 12.9. The van der Waals surface area contributed by atoms with Gasteiger partial charge in [-0.15, -0.1) is 5.92 Å². The summed E-state index contributed by atoms with van der Waals surface area (Å²) in [6, 6.07) is -0.0705. The van der Waals surface area contributed by atoms with E-state index in [0.717, 1.165) is 25.9 Å². The quantitative estimate of drug-likeness (QED) is 0.780. The smallest absolute Gasteiger partial charge is 0.344 e. The maximum Gasteiger partial charge on any atom is 0.344 e. The van der Waals surface area contributed by atoms with E-state index in [0.29, 0.717) is 18.0 Å². The van der Waals surface area contributed by atoms with E-state index in [9.17, 15) is 9.59 Å². The Bertz CT molecular complexity index is 976. The topological polar surface area (TPSA) is 102 Å². The lowest BCUT2D eigenvalue weighted by atomic mass is 10.1. The molecular weight excluding hydrogens is 350 g/mol. The van der Waals surface area contributed by atoms with Gasteiger partial charge >= 0.3 is 12.0 Å². The highest BCUT2D eigenvalue weighted by atomic mass is 16.5. The minimum absolute atomic E-state index is 0.0705. The number of hydrogen-bond donors (Lipinski definition) is 1. The van der Waals surface area contributed by atoms with E-state index in [1.54, 1.807) is 11.5 Å². The number of aromatic nitrogens is 4. The molecule has 9 nitrogen and oxygen atoms in total. The van der Waals surface area contributed by atoms with Gasteiger partial charge in [0, 0.05) is 20.1 Å². The maximum absolute atomic E-state index is 12.9. The minimum atomic E-state index is -1.14. The van der Waals surface area contributed by atoms with Crippen molar-refractivity contribution in [3.8, 4) is 17.9 Å². The maximum atomic E-state index is 12.9. The second-order valence-corrected chi connectivity index (χ2v) is 6.50. The number of imidazole rings is 1. The van der Waals surface area contributed by atoms with Crippen LogP contribution in [0.1, 0.15) is 33.1 Å². The minimum Gasteiger partial charge on any atom is -0.479 e. The molecule has 0 spiro atoms. The van der Waals surface area contributed by atoms with Crippen molar-refractivity contribution in [2.45, 2.75) is 45.8 Å². The molecule has 3 heterocycles. The fourth-order valence-corrected chi connectivity index (χ4v) is 3.09. The molecule has 0 amide bonds. The van der Waals surface area contributed by atoms with Gasteiger partial charge in [-0.2, -0.15) is 9.97 Å². The van der Waals surface area contributed by atoms with Gasteiger partial charge in [-0.3, -0.25) is 13.9 Å². The summed E-state index contributed by atoms with van der Waals surface area (Å²) in [5.74, 6) is 5.37. The summed E-state index contributed by atoms with van der Waals surface area (Å²) in [4.78, 5) is 35.0. The van der Waals surface area contributed by atoms with E-state index >= 15 is 0 Å². The monoisotopic (exact) mass is 373 g/mol. The Morgan fingerprint density at radius 3 is 2.63 bits per heavy atom. The molecule has 1 aliphatic rings. The van der Waals surface area contributed by atoms with Gasteiger partial charge in [0.25, 0.3) is 5.56 Å². The molecule has 1 unspecified atom stereocenters. The van der Waals surface area contributed by atoms with Gasteiger partial charge in [0.2, 0.25) is 5.95 Å². The third kappa shape index (κ3) is 3.60. The SMILES string of the molecule is CC#CCn1c(N2CCCCC2)nc2nc(OC(C)C(=O)O)n(C)c(=O)c21. The number of nitrogens with zero attached hydrogens (tertiary/aromatic N) is 5. The number of ether oxygens (including phenoxy) is 1. The number of fused-ring (bicyclic) bond motifs is 1. The van der Waals surface area contributed by atoms with Gasteiger partial charge in [0.1, 0.15) is 0 Å². The number of anilines is 1. The zero-order chi connectivity index (χ0) is 19.6. The largest absolute Gasteiger partial charge is 0.479 e. The van der Waals surface area contributed by atoms with Crippen LogP contribution in [0.4, 0.5) is 5.95 Å². The molecule has 2 aromatic heterocycles. The summed E-state index contributed by atoms with van der Waals surface area (Å²) in [7, 11) is 1.50. The first-order valence-electron chi connectivity index (χ1n) is 8.95. The molecule has 1 aliphatic heterocycles. The third-order valence-corrected chi connectivity index (χ3v) is 4.61. The molecule has 0 aromatic carbocycles. The predicted octanol–water partition coefficient (Wildman–Crippen LogP) is 0.995. The molecule has 1 atom stereocenters. The van der Waals surface area contributed by atoms with Crippen LogP contribution in [-0.4, -0.2) is 49.4 Å². The van der Waals surface area contributed by atoms with Gasteiger partial charge in [-0.05, 0) is 33.1 Å². The molecule has 1 N–H and O–H groups in total. The van der Waals surface area contributed by atoms with Crippen molar-refractivity contribution in [3.05, 3.63) is 10.4 Å². The van der Waals surface area contributed by atoms with E-state index in [-0.39, 0.29) is 17.2 Å². The van der Waals surface area contributed by atoms with E-state index < -0.39 is 12.1 Å². The van der Waals surface area contributed by atoms with Crippen LogP contribution in [0.25, 0.3) is 11.2 Å². The van der Waals surface area contributed by atoms with Crippen LogP contribution < -0.4 is 15.2 Å². The van der Waals surface area contributed by atoms with E-state index in [4.69, 9.17) is 9.84 Å². The lowest BCUT2D eigenvalue weighted by molar-refractivity contribution is -0.144. The molecule has 1 saturated heterocycles. The van der Waals surface area contributed by atoms with E-state index in [2.05, 4.69) is 26.7 Å². The Morgan fingerprint density at radius 2 is 2.00 bits per heavy atom. The Hall–Kier alpha value is -3.02. The predicted molar refractivity (Wildman–Crippen MR) is 100 cm³/mol. The van der Waals surface area contributed by atoms with E-state index in [1.807, 2.05) is 0 Å². The number of carboxylic acids is 1. The van der Waals surface area contributed by atoms with Crippen LogP contribution in [-0.2, 0) is 18.4 Å². The van der Waals surface area contributed by atoms with Crippen LogP contribution in [0, 0.1) is 11.8 Å². The summed E-state index contributed by atoms with van der Waals surface area (Å²) in [5, 5.41) is 9.05. The van der Waals surface area contributed by atoms with Gasteiger partial charge < -0.3 is 14.7 Å². The summed E-state index contributed by atoms with van der Waals surface area (Å²) in [6.45, 7) is 5.19. The van der Waals surface area contributed by atoms with Crippen LogP contribution >= 0.6 is 0 Å². The lowest BCUT2D eigenvalue weighted by Crippen LogP contribution is -2.32. The highest BCUT2D eigenvalue weighted by Crippen LogP contribution is 2.24. The zero-order valence-electron chi connectivity index (χ0n) is 15.7. The molecule has 0 radical (unpaired) electrons. The standard InChI is InChI=1S/C18H23N5O4/c1-4-5-11-23-13-14(19-17(23)22-9-7-6-8-10-22)20-18(21(3)15(13)24)27-12(2)16(25)26/h12H,6-11H2,1-3H3,(H,25,26). The number of rotatable bonds is 5. The molecular formula is C18H23N5O4. The Balaban J connectivity index is 2.15. The van der Waals surface area contributed by atoms with Gasteiger partial charge in [0.15, 0.2) is 17.3 Å². The van der Waals surface area contributed by atoms with Gasteiger partial charge in [0.05, 0.1) is 6.54 Å². The Kier molecular flexibility index (Phi) is 5.35. The van der Waals surface area contributed by atoms with Crippen LogP contribution in [0.15, 0.2) is 4.79 Å². The molecule has 1 fully saturated rings. The molecule has 2 aromatic rings. The number of piperidine rings is 1. The second-order valence-electron chi connectivity index (χ2n) is 6.50. The van der Waals surface area contributed by atoms with Crippen molar-refractivity contribution in [3.63, 3.8) is 0 Å². The van der Waals surface area contributed by atoms with Crippen molar-refractivity contribution < 1.29 is 14.6 Å². The van der Waals surface area contributed by atoms with Crippen LogP contribution in [0.5, 0.6) is 6.01 Å². The number of carboxylic acid groups (broad SMARTS) is 1. The Labute approximate surface area is 156 Å². The highest BCUT2D eigenvalue weighted by Gasteiger charge is 2.24. The molecule has 3 rings (SSSR count). The first kappa shape index (κ1) is 18.8. The van der Waals surface area contributed by atoms with Gasteiger partial charge in [-0.1, -0.05) is 5.92 Å². The third-order valence-electron chi connectivity index (χ3n) is 4.61. The van der Waals surface area contributed by atoms with E-state index in [1.165, 1.54) is 25.0 Å². The molecule has 0 bridgehead atoms. The van der Waals surface area contributed by atoms with Crippen molar-refractivity contribution in [2.24, 2.45) is 7.05 Å². The molecule has 9 heteroatoms. The zero-order valence-corrected chi connectivity index (χ0v) is 15.7. The average Bonchev–Trinajstić information content (AvgIpc) is 3.03. The molecule has 0 aliphatic carbocycles. The summed E-state index contributed by atoms with van der Waals surface area (Å²) in [6.07, 6.45) is 2.18. The second kappa shape index (κ2) is 7.70. The Morgan fingerprint density at radius 1 is 1.30 bits per heavy atom. The van der Waals surface area contributed by atoms with Crippen LogP contribution in [0.3, 0.4) is 0 Å². The number of hydrogen-bond acceptors (Lipinski definition) is 6. The fourth-order valence-electron chi connectivity index (χ4n) is 3.09. The normalized spacial score (nSPS) is 15.3. The van der Waals surface area contributed by atoms with Crippen molar-refractivity contribution in [1.82, 2.24) is 19.1 Å². The first-order valence-corrected chi connectivity index (χ1v) is 8.95. The fraction of sp³-hybridized carbons (Fsp3) is 0.556. The highest BCUT2D eigenvalue weighted by molar-refractivity contribution is 5.75. The lowest BCUT2D eigenvalue weighted by Gasteiger charge is -2.27. The van der Waals surface area contributed by atoms with Crippen LogP contribution in [0.2, 0.25) is 0 Å². The van der Waals surface area contributed by atoms with Crippen molar-refractivity contribution in [1.29, 1.82) is 0 Å². The molecule has 0 saturated carbocycles. The molecule has 144 valence electrons. The molecule has 27 heavy (non-hydrogen) atoms. The van der Waals surface area contributed by atoms with Gasteiger partial charge in [-0.25, -0.2) is 4.79 Å². The number of aliphatic carboxylic acids is 1. The summed E-state index contributed by atoms with van der Waals surface area (Å²) >= 11 is 0. The number of carbonyl (C=O) groups is 1. The van der Waals surface area contributed by atoms with Crippen molar-refractivity contribution >= 4 is 23.1 Å². The average molecular weight is 373 g/mol. The van der Waals surface area contributed by atoms with Crippen molar-refractivity contribution in [2.75, 3.05) is 18.0 Å². The summed E-state index contributed by atoms with van der Waals surface area (Å²) < 4.78 is 8.33.